The van der Waals surface area contributed by atoms with Gasteiger partial charge in [-0.25, -0.2) is 8.42 Å². The van der Waals surface area contributed by atoms with E-state index in [4.69, 9.17) is 0 Å². The average Bonchev–Trinajstić information content (AvgIpc) is 1.38. The Kier molecular flexibility index (Phi) is 3.66. The largest absolute Gasteiger partial charge is 0.247 e. The number of rotatable bonds is 0. The lowest BCUT2D eigenvalue weighted by atomic mass is 16.0. The fourth-order valence-electron chi connectivity index (χ4n) is 0. The van der Waals surface area contributed by atoms with E-state index in [1.807, 2.05) is 0 Å². The van der Waals surface area contributed by atoms with Gasteiger partial charge in [0, 0.05) is 21.2 Å². The molecule has 5 heavy (non-hydrogen) atoms. The summed E-state index contributed by atoms with van der Waals surface area (Å²) in [5, 5.41) is 0. The van der Waals surface area contributed by atoms with Gasteiger partial charge in [-0.15, -0.1) is 0 Å². The maximum Gasteiger partial charge on any atom is 0.158 e. The van der Waals surface area contributed by atoms with E-state index in [1.165, 1.54) is 0 Å². The molecule has 1 atom stereocenters. The zero-order valence-electron chi connectivity index (χ0n) is 2.05. The Balaban J connectivity index is 4.22. The van der Waals surface area contributed by atoms with Crippen LogP contribution in [0, 0.1) is 0 Å². The van der Waals surface area contributed by atoms with Crippen molar-refractivity contribution in [2.75, 3.05) is 0 Å². The minimum atomic E-state index is -1.52. The minimum absolute atomic E-state index is 0.126. The summed E-state index contributed by atoms with van der Waals surface area (Å²) in [6, 6.07) is 0. The molecule has 0 aromatic rings. The van der Waals surface area contributed by atoms with E-state index in [0.717, 1.165) is 0 Å². The molecule has 0 fully saturated rings. The topological polar surface area (TPSA) is 34.1 Å². The molecule has 0 aliphatic carbocycles. The fourth-order valence-corrected chi connectivity index (χ4v) is 0. The molecule has 0 N–H and O–H groups in total. The Morgan fingerprint density at radius 2 is 2.00 bits per heavy atom. The molecule has 0 aromatic heterocycles. The van der Waals surface area contributed by atoms with Crippen LogP contribution in [0.3, 0.4) is 0 Å². The predicted octanol–water partition coefficient (Wildman–Crippen LogP) is -0.0546. The van der Waals surface area contributed by atoms with Crippen LogP contribution >= 0.6 is 21.2 Å². The first-order valence-electron chi connectivity index (χ1n) is 0.701. The van der Waals surface area contributed by atoms with E-state index < -0.39 is 6.53 Å². The van der Waals surface area contributed by atoms with Crippen molar-refractivity contribution in [2.24, 2.45) is 0 Å². The maximum atomic E-state index is 9.60. The molecule has 0 saturated carbocycles. The highest BCUT2D eigenvalue weighted by Crippen LogP contribution is 1.74. The second-order valence-corrected chi connectivity index (χ2v) is 6.90. The van der Waals surface area contributed by atoms with Gasteiger partial charge >= 0.3 is 0 Å². The van der Waals surface area contributed by atoms with Crippen LogP contribution in [0.1, 0.15) is 0 Å². The van der Waals surface area contributed by atoms with Crippen molar-refractivity contribution < 1.29 is 8.42 Å². The summed E-state index contributed by atoms with van der Waals surface area (Å²) >= 11 is 1.57. The van der Waals surface area contributed by atoms with Gasteiger partial charge in [-0.3, -0.25) is 0 Å². The van der Waals surface area contributed by atoms with Crippen molar-refractivity contribution in [3.05, 3.63) is 0 Å². The van der Waals surface area contributed by atoms with E-state index in [1.54, 1.807) is 21.2 Å². The molecule has 0 aromatic carbocycles. The van der Waals surface area contributed by atoms with E-state index in [-0.39, 0.29) is 10.2 Å². The van der Waals surface area contributed by atoms with Gasteiger partial charge in [0.15, 0.2) is 10.2 Å². The second kappa shape index (κ2) is 3.10. The van der Waals surface area contributed by atoms with Gasteiger partial charge in [-0.2, -0.15) is 0 Å². The number of halogens is 1. The zero-order chi connectivity index (χ0) is 4.28. The first-order chi connectivity index (χ1) is 2.27. The monoisotopic (exact) mass is 224 g/mol. The summed E-state index contributed by atoms with van der Waals surface area (Å²) in [6.45, 7) is -1.52. The Hall–Kier alpha value is 0.900. The molecule has 0 rings (SSSR count). The SMILES string of the molecule is O=S=[SH](=O)I. The van der Waals surface area contributed by atoms with E-state index in [9.17, 15) is 8.42 Å². The molecule has 0 saturated heterocycles. The Morgan fingerprint density at radius 1 is 1.80 bits per heavy atom. The molecular weight excluding hydrogens is 223 g/mol. The quantitative estimate of drug-likeness (QED) is 0.355. The minimum Gasteiger partial charge on any atom is -0.247 e. The second-order valence-electron chi connectivity index (χ2n) is 0.287. The molecule has 0 amide bonds. The standard InChI is InChI=1S/HIO2S2/c1-5(3)4-2/h5H. The van der Waals surface area contributed by atoms with Gasteiger partial charge in [-0.05, 0) is 0 Å². The molecule has 0 radical (unpaired) electrons. The summed E-state index contributed by atoms with van der Waals surface area (Å²) in [7, 11) is 0.126. The summed E-state index contributed by atoms with van der Waals surface area (Å²) < 4.78 is 18.9. The van der Waals surface area contributed by atoms with Crippen LogP contribution < -0.4 is 0 Å². The first kappa shape index (κ1) is 5.90. The highest BCUT2D eigenvalue weighted by atomic mass is 127. The molecule has 0 spiro atoms. The molecule has 5 heteroatoms. The van der Waals surface area contributed by atoms with Gasteiger partial charge in [0.05, 0.1) is 0 Å². The van der Waals surface area contributed by atoms with Crippen molar-refractivity contribution >= 4 is 38.0 Å². The third kappa shape index (κ3) is 4.90. The summed E-state index contributed by atoms with van der Waals surface area (Å²) in [5.74, 6) is 0. The lowest BCUT2D eigenvalue weighted by Gasteiger charge is -1.43. The van der Waals surface area contributed by atoms with Crippen molar-refractivity contribution in [3.63, 3.8) is 0 Å². The van der Waals surface area contributed by atoms with Gasteiger partial charge in [0.25, 0.3) is 0 Å². The molecule has 2 nitrogen and oxygen atoms in total. The van der Waals surface area contributed by atoms with Crippen LogP contribution in [0.5, 0.6) is 0 Å². The Labute approximate surface area is 46.3 Å². The summed E-state index contributed by atoms with van der Waals surface area (Å²) in [5.41, 5.74) is 0. The molecule has 0 aliphatic heterocycles. The lowest BCUT2D eigenvalue weighted by Crippen LogP contribution is -1.42. The molecule has 0 heterocycles. The smallest absolute Gasteiger partial charge is 0.158 e. The third-order valence-corrected chi connectivity index (χ3v) is 1.97. The lowest BCUT2D eigenvalue weighted by molar-refractivity contribution is 0.692. The highest BCUT2D eigenvalue weighted by Gasteiger charge is 1.52. The van der Waals surface area contributed by atoms with Gasteiger partial charge in [0.2, 0.25) is 0 Å². The summed E-state index contributed by atoms with van der Waals surface area (Å²) in [6.07, 6.45) is 0. The van der Waals surface area contributed by atoms with Crippen molar-refractivity contribution in [2.45, 2.75) is 0 Å². The number of hydrogen-bond donors (Lipinski definition) is 1. The van der Waals surface area contributed by atoms with Crippen molar-refractivity contribution in [1.29, 1.82) is 0 Å². The highest BCUT2D eigenvalue weighted by molar-refractivity contribution is 14.2. The van der Waals surface area contributed by atoms with Crippen LogP contribution in [0.15, 0.2) is 0 Å². The van der Waals surface area contributed by atoms with E-state index >= 15 is 0 Å². The van der Waals surface area contributed by atoms with Crippen LogP contribution in [-0.4, -0.2) is 8.42 Å². The average molecular weight is 224 g/mol. The van der Waals surface area contributed by atoms with E-state index in [2.05, 4.69) is 0 Å². The van der Waals surface area contributed by atoms with Crippen LogP contribution in [0.2, 0.25) is 0 Å². The summed E-state index contributed by atoms with van der Waals surface area (Å²) in [4.78, 5) is 0. The molecular formula is HIO2S2. The molecule has 1 unspecified atom stereocenters. The van der Waals surface area contributed by atoms with E-state index in [0.29, 0.717) is 0 Å². The molecule has 32 valence electrons. The number of hydrogen-bond acceptors (Lipinski definition) is 2. The van der Waals surface area contributed by atoms with Crippen LogP contribution in [-0.2, 0) is 16.8 Å². The van der Waals surface area contributed by atoms with Crippen LogP contribution in [0.4, 0.5) is 0 Å². The normalized spacial score (nSPS) is 13.8. The number of thiol groups is 1. The third-order valence-electron chi connectivity index (χ3n) is 0.0586. The van der Waals surface area contributed by atoms with Gasteiger partial charge in [0.1, 0.15) is 6.53 Å². The first-order valence-corrected chi connectivity index (χ1v) is 6.09. The van der Waals surface area contributed by atoms with Gasteiger partial charge in [-0.1, -0.05) is 0 Å². The van der Waals surface area contributed by atoms with Gasteiger partial charge < -0.3 is 0 Å². The zero-order valence-corrected chi connectivity index (χ0v) is 5.92. The fraction of sp³-hybridized carbons (Fsp3) is 0. The molecule has 0 aliphatic rings. The van der Waals surface area contributed by atoms with Crippen LogP contribution in [0.25, 0.3) is 0 Å². The molecule has 0 bridgehead atoms. The van der Waals surface area contributed by atoms with Crippen molar-refractivity contribution in [3.8, 4) is 0 Å². The Bertz CT molecular complexity index is 105. The maximum absolute atomic E-state index is 9.60. The Morgan fingerprint density at radius 3 is 2.00 bits per heavy atom. The predicted molar refractivity (Wildman–Crippen MR) is 31.7 cm³/mol. The van der Waals surface area contributed by atoms with Crippen molar-refractivity contribution in [1.82, 2.24) is 0 Å².